The molecule has 3 aromatic carbocycles. The second-order valence-corrected chi connectivity index (χ2v) is 32.3. The smallest absolute Gasteiger partial charge is 0.280 e. The monoisotopic (exact) mass is 1460 g/mol. The highest BCUT2D eigenvalue weighted by molar-refractivity contribution is 7.87. The highest BCUT2D eigenvalue weighted by Crippen LogP contribution is 2.40. The van der Waals surface area contributed by atoms with Gasteiger partial charge in [-0.05, 0) is 108 Å². The molecule has 0 aliphatic carbocycles. The van der Waals surface area contributed by atoms with Crippen LogP contribution in [0.2, 0.25) is 15.1 Å². The number of aromatic nitrogens is 3. The van der Waals surface area contributed by atoms with Crippen LogP contribution in [0.1, 0.15) is 52.4 Å². The summed E-state index contributed by atoms with van der Waals surface area (Å²) >= 11 is 26.1. The molecule has 0 saturated carbocycles. The molecule has 0 radical (unpaired) electrons. The van der Waals surface area contributed by atoms with Gasteiger partial charge < -0.3 is 16.0 Å². The molecule has 90 heavy (non-hydrogen) atoms. The lowest BCUT2D eigenvalue weighted by molar-refractivity contribution is -0.120. The Morgan fingerprint density at radius 1 is 0.456 bits per heavy atom. The number of anilines is 3. The Morgan fingerprint density at radius 3 is 0.956 bits per heavy atom. The number of thiazole rings is 3. The van der Waals surface area contributed by atoms with Gasteiger partial charge >= 0.3 is 0 Å². The van der Waals surface area contributed by atoms with Gasteiger partial charge in [-0.1, -0.05) is 53.0 Å². The molecule has 6 aromatic heterocycles. The van der Waals surface area contributed by atoms with E-state index in [1.54, 1.807) is 52.6 Å². The Labute approximate surface area is 553 Å². The first kappa shape index (κ1) is 67.2. The average Bonchev–Trinajstić information content (AvgIpc) is 1.23. The number of carbonyl (C=O) groups excluding carboxylic acids is 3. The van der Waals surface area contributed by atoms with Gasteiger partial charge in [0.25, 0.3) is 30.6 Å². The van der Waals surface area contributed by atoms with E-state index in [9.17, 15) is 52.8 Å². The summed E-state index contributed by atoms with van der Waals surface area (Å²) in [5.41, 5.74) is 0.838. The first-order chi connectivity index (χ1) is 42.7. The Morgan fingerprint density at radius 2 is 0.722 bits per heavy atom. The third-order valence-corrected chi connectivity index (χ3v) is 26.1. The molecular weight excluding hydrogens is 1410 g/mol. The second kappa shape index (κ2) is 28.3. The summed E-state index contributed by atoms with van der Waals surface area (Å²) in [5, 5.41) is 15.0. The molecule has 9 aromatic rings. The number of benzene rings is 3. The number of likely N-dealkylation sites (N-methyl/N-ethyl adjacent to an activating group) is 3. The van der Waals surface area contributed by atoms with Crippen molar-refractivity contribution in [3.05, 3.63) is 173 Å². The van der Waals surface area contributed by atoms with Crippen molar-refractivity contribution in [2.45, 2.75) is 55.5 Å². The largest absolute Gasteiger partial charge is 0.325 e. The molecule has 9 heterocycles. The van der Waals surface area contributed by atoms with Crippen LogP contribution in [0.4, 0.5) is 30.2 Å². The maximum atomic E-state index is 13.4. The Kier molecular flexibility index (Phi) is 21.1. The van der Waals surface area contributed by atoms with Crippen molar-refractivity contribution in [1.82, 2.24) is 42.0 Å². The van der Waals surface area contributed by atoms with E-state index in [1.165, 1.54) is 91.6 Å². The van der Waals surface area contributed by atoms with Crippen molar-refractivity contribution < 1.29 is 52.8 Å². The van der Waals surface area contributed by atoms with Gasteiger partial charge in [-0.15, -0.1) is 68.0 Å². The molecule has 3 aliphatic rings. The fraction of sp³-hybridized carbons (Fsp3) is 0.222. The molecule has 6 atom stereocenters. The predicted molar refractivity (Wildman–Crippen MR) is 349 cm³/mol. The Bertz CT molecular complexity index is 3990. The van der Waals surface area contributed by atoms with E-state index in [1.807, 2.05) is 52.5 Å². The summed E-state index contributed by atoms with van der Waals surface area (Å²) < 4.78 is 126. The SMILES string of the molecule is CN1C(C(=O)Nc2ccc(F)c(Cl)c2)CC(c2ncc(-c3cccs3)s2)NS1(=O)=O.CN1[C@@H](C(=O)Nc2ccc(F)c(Cl)c2)C[C@@H](c2ncc(-c3cccs3)s2)NS1(=O)=O.CN1[C@H](C(=O)Nc2ccc(F)c(Cl)c2)C[C@H](c2ncc(-c3cccs3)s2)NS1(=O)=O. The van der Waals surface area contributed by atoms with Crippen LogP contribution in [0.25, 0.3) is 29.3 Å². The highest BCUT2D eigenvalue weighted by Gasteiger charge is 2.44. The van der Waals surface area contributed by atoms with E-state index in [2.05, 4.69) is 45.1 Å². The summed E-state index contributed by atoms with van der Waals surface area (Å²) in [5.74, 6) is -3.44. The topological polar surface area (TPSA) is 274 Å². The first-order valence-electron chi connectivity index (χ1n) is 26.3. The van der Waals surface area contributed by atoms with Crippen LogP contribution in [0, 0.1) is 17.5 Å². The normalized spacial score (nSPS) is 21.4. The minimum atomic E-state index is -3.90. The summed E-state index contributed by atoms with van der Waals surface area (Å²) in [6.07, 6.45) is 5.67. The van der Waals surface area contributed by atoms with Crippen molar-refractivity contribution in [3.8, 4) is 29.3 Å². The standard InChI is InChI=1S/3C18H16ClFN4O3S3/c3*1-24-14(17(25)22-10-4-5-12(20)11(19)7-10)8-13(23-30(24,26)27)18-21-9-16(29-18)15-3-2-6-28-15/h3*2-7,9,13-14,23H,8H2,1H3,(H,22,25)/t2*13-,14+;/m10./s1. The predicted octanol–water partition coefficient (Wildman–Crippen LogP) is 11.6. The van der Waals surface area contributed by atoms with Crippen molar-refractivity contribution >= 4 is 168 Å². The van der Waals surface area contributed by atoms with Gasteiger partial charge in [0.05, 0.1) is 47.8 Å². The van der Waals surface area contributed by atoms with Crippen LogP contribution in [0.5, 0.6) is 0 Å². The Hall–Kier alpha value is -5.67. The van der Waals surface area contributed by atoms with Crippen LogP contribution in [-0.4, -0.2) is 110 Å². The molecule has 3 aliphatic heterocycles. The molecule has 0 spiro atoms. The fourth-order valence-electron chi connectivity index (χ4n) is 9.16. The molecule has 2 unspecified atom stereocenters. The van der Waals surface area contributed by atoms with Crippen molar-refractivity contribution in [3.63, 3.8) is 0 Å². The Balaban J connectivity index is 0.000000148. The van der Waals surface area contributed by atoms with E-state index < -0.39 is 102 Å². The molecule has 474 valence electrons. The zero-order valence-corrected chi connectivity index (χ0v) is 56.1. The first-order valence-corrected chi connectivity index (χ1v) is 36.8. The summed E-state index contributed by atoms with van der Waals surface area (Å²) in [7, 11) is -7.70. The van der Waals surface area contributed by atoms with E-state index >= 15 is 0 Å². The number of amides is 3. The number of nitrogens with one attached hydrogen (secondary N) is 6. The molecular formula is C54H48Cl3F3N12O9S9. The number of nitrogens with zero attached hydrogens (tertiary/aromatic N) is 6. The molecule has 3 amide bonds. The van der Waals surface area contributed by atoms with Gasteiger partial charge in [-0.2, -0.15) is 52.3 Å². The lowest BCUT2D eigenvalue weighted by Crippen LogP contribution is -2.55. The van der Waals surface area contributed by atoms with Crippen LogP contribution >= 0.6 is 103 Å². The second-order valence-electron chi connectivity index (χ2n) is 19.8. The molecule has 3 fully saturated rings. The number of thiophene rings is 3. The van der Waals surface area contributed by atoms with Crippen LogP contribution in [-0.2, 0) is 45.0 Å². The van der Waals surface area contributed by atoms with Crippen LogP contribution < -0.4 is 30.1 Å². The summed E-state index contributed by atoms with van der Waals surface area (Å²) in [4.78, 5) is 57.5. The van der Waals surface area contributed by atoms with E-state index in [-0.39, 0.29) is 51.4 Å². The minimum Gasteiger partial charge on any atom is -0.325 e. The third kappa shape index (κ3) is 15.7. The number of halogens is 6. The zero-order chi connectivity index (χ0) is 64.4. The van der Waals surface area contributed by atoms with Crippen LogP contribution in [0.15, 0.2) is 126 Å². The maximum absolute atomic E-state index is 13.4. The molecule has 6 N–H and O–H groups in total. The summed E-state index contributed by atoms with van der Waals surface area (Å²) in [6, 6.07) is 18.1. The van der Waals surface area contributed by atoms with Gasteiger partial charge in [-0.25, -0.2) is 28.1 Å². The lowest BCUT2D eigenvalue weighted by atomic mass is 10.1. The van der Waals surface area contributed by atoms with Gasteiger partial charge in [0.15, 0.2) is 0 Å². The van der Waals surface area contributed by atoms with Crippen molar-refractivity contribution in [2.24, 2.45) is 0 Å². The maximum Gasteiger partial charge on any atom is 0.280 e. The van der Waals surface area contributed by atoms with Gasteiger partial charge in [0.2, 0.25) is 17.7 Å². The molecule has 36 heteroatoms. The lowest BCUT2D eigenvalue weighted by Gasteiger charge is -2.35. The molecule has 21 nitrogen and oxygen atoms in total. The summed E-state index contributed by atoms with van der Waals surface area (Å²) in [6.45, 7) is 0. The number of hydrogen-bond donors (Lipinski definition) is 6. The minimum absolute atomic E-state index is 0.138. The van der Waals surface area contributed by atoms with Crippen molar-refractivity contribution in [2.75, 3.05) is 37.1 Å². The highest BCUT2D eigenvalue weighted by atomic mass is 35.5. The number of hydrogen-bond acceptors (Lipinski definition) is 18. The van der Waals surface area contributed by atoms with E-state index in [0.29, 0.717) is 15.0 Å². The van der Waals surface area contributed by atoms with Gasteiger partial charge in [-0.3, -0.25) is 14.4 Å². The van der Waals surface area contributed by atoms with Gasteiger partial charge in [0, 0.05) is 71.4 Å². The van der Waals surface area contributed by atoms with Gasteiger partial charge in [0.1, 0.15) is 50.6 Å². The molecule has 3 saturated heterocycles. The molecule has 0 bridgehead atoms. The molecule has 12 rings (SSSR count). The van der Waals surface area contributed by atoms with E-state index in [0.717, 1.165) is 60.4 Å². The quantitative estimate of drug-likeness (QED) is 0.0666. The number of carbonyl (C=O) groups is 3. The fourth-order valence-corrected chi connectivity index (χ4v) is 19.1. The zero-order valence-electron chi connectivity index (χ0n) is 46.5. The van der Waals surface area contributed by atoms with Crippen LogP contribution in [0.3, 0.4) is 0 Å². The number of rotatable bonds is 12. The van der Waals surface area contributed by atoms with Crippen molar-refractivity contribution in [1.29, 1.82) is 0 Å². The third-order valence-electron chi connectivity index (χ3n) is 13.9. The van der Waals surface area contributed by atoms with E-state index in [4.69, 9.17) is 34.8 Å². The average molecular weight is 1460 g/mol.